The second kappa shape index (κ2) is 10.6. The van der Waals surface area contributed by atoms with Crippen molar-refractivity contribution in [3.8, 4) is 5.75 Å². The maximum absolute atomic E-state index is 14.0. The molecule has 2 aliphatic rings. The van der Waals surface area contributed by atoms with Crippen molar-refractivity contribution in [2.75, 3.05) is 30.4 Å². The van der Waals surface area contributed by atoms with E-state index in [1.54, 1.807) is 50.1 Å². The van der Waals surface area contributed by atoms with Gasteiger partial charge < -0.3 is 14.8 Å². The number of carbonyl (C=O) groups excluding carboxylic acids is 2. The minimum atomic E-state index is -0.869. The standard InChI is InChI=1S/C30H31F2N3O4/c1-19(2)39-29(37)21-5-10-24-27(17-21)33-30(35(28(24)36)22-6-8-23(38-3)9-7-22)12-14-34(15-13-30)18-20-4-11-25(31)26(32)16-20/h4-11,16-17,19,33H,12-15,18H2,1-3H3. The number of likely N-dealkylation sites (tertiary alicyclic amines) is 1. The third-order valence-electron chi connectivity index (χ3n) is 7.23. The Morgan fingerprint density at radius 2 is 1.72 bits per heavy atom. The number of esters is 1. The number of nitrogens with zero attached hydrogens (tertiary/aromatic N) is 2. The van der Waals surface area contributed by atoms with E-state index in [0.717, 1.165) is 11.8 Å². The van der Waals surface area contributed by atoms with E-state index in [2.05, 4.69) is 10.2 Å². The molecule has 204 valence electrons. The van der Waals surface area contributed by atoms with Gasteiger partial charge >= 0.3 is 5.97 Å². The number of hydrogen-bond donors (Lipinski definition) is 1. The molecule has 1 saturated heterocycles. The fraction of sp³-hybridized carbons (Fsp3) is 0.333. The number of carbonyl (C=O) groups is 2. The molecule has 0 radical (unpaired) electrons. The van der Waals surface area contributed by atoms with Gasteiger partial charge in [-0.15, -0.1) is 0 Å². The van der Waals surface area contributed by atoms with Gasteiger partial charge in [0.25, 0.3) is 5.91 Å². The summed E-state index contributed by atoms with van der Waals surface area (Å²) in [6.07, 6.45) is 0.863. The van der Waals surface area contributed by atoms with E-state index in [1.807, 2.05) is 24.3 Å². The maximum Gasteiger partial charge on any atom is 0.338 e. The van der Waals surface area contributed by atoms with Crippen molar-refractivity contribution in [2.24, 2.45) is 0 Å². The lowest BCUT2D eigenvalue weighted by Crippen LogP contribution is -2.64. The molecule has 3 aromatic carbocycles. The van der Waals surface area contributed by atoms with E-state index < -0.39 is 23.3 Å². The summed E-state index contributed by atoms with van der Waals surface area (Å²) in [7, 11) is 1.59. The SMILES string of the molecule is COc1ccc(N2C(=O)c3ccc(C(=O)OC(C)C)cc3NC23CCN(Cc2ccc(F)c(F)c2)CC3)cc1. The first-order valence-corrected chi connectivity index (χ1v) is 13.0. The maximum atomic E-state index is 14.0. The van der Waals surface area contributed by atoms with Crippen molar-refractivity contribution in [3.63, 3.8) is 0 Å². The van der Waals surface area contributed by atoms with E-state index in [1.165, 1.54) is 6.07 Å². The number of rotatable bonds is 6. The average molecular weight is 536 g/mol. The molecule has 1 fully saturated rings. The topological polar surface area (TPSA) is 71.1 Å². The number of hydrogen-bond acceptors (Lipinski definition) is 6. The molecule has 0 unspecified atom stereocenters. The summed E-state index contributed by atoms with van der Waals surface area (Å²) in [6.45, 7) is 5.25. The molecule has 1 amide bonds. The number of methoxy groups -OCH3 is 1. The number of amides is 1. The first kappa shape index (κ1) is 26.6. The van der Waals surface area contributed by atoms with Crippen LogP contribution in [0.3, 0.4) is 0 Å². The number of piperidine rings is 1. The monoisotopic (exact) mass is 535 g/mol. The van der Waals surface area contributed by atoms with E-state index in [0.29, 0.717) is 60.6 Å². The predicted molar refractivity (Wildman–Crippen MR) is 144 cm³/mol. The number of halogens is 2. The van der Waals surface area contributed by atoms with Gasteiger partial charge in [0, 0.05) is 43.9 Å². The number of benzene rings is 3. The number of ether oxygens (including phenoxy) is 2. The van der Waals surface area contributed by atoms with Crippen molar-refractivity contribution in [1.82, 2.24) is 4.90 Å². The van der Waals surface area contributed by atoms with Crippen LogP contribution in [0.1, 0.15) is 53.0 Å². The highest BCUT2D eigenvalue weighted by Crippen LogP contribution is 2.41. The molecule has 1 spiro atoms. The van der Waals surface area contributed by atoms with Gasteiger partial charge in [0.1, 0.15) is 11.4 Å². The Labute approximate surface area is 226 Å². The minimum Gasteiger partial charge on any atom is -0.497 e. The molecule has 0 saturated carbocycles. The molecule has 0 aromatic heterocycles. The quantitative estimate of drug-likeness (QED) is 0.414. The summed E-state index contributed by atoms with van der Waals surface area (Å²) < 4.78 is 37.8. The molecule has 3 aromatic rings. The van der Waals surface area contributed by atoms with Crippen molar-refractivity contribution in [3.05, 3.63) is 89.0 Å². The van der Waals surface area contributed by atoms with Crippen LogP contribution in [0.15, 0.2) is 60.7 Å². The van der Waals surface area contributed by atoms with Gasteiger partial charge in [-0.05, 0) is 74.0 Å². The fourth-order valence-corrected chi connectivity index (χ4v) is 5.29. The Morgan fingerprint density at radius 3 is 2.36 bits per heavy atom. The first-order valence-electron chi connectivity index (χ1n) is 13.0. The highest BCUT2D eigenvalue weighted by molar-refractivity contribution is 6.13. The molecule has 39 heavy (non-hydrogen) atoms. The van der Waals surface area contributed by atoms with Gasteiger partial charge in [-0.2, -0.15) is 0 Å². The summed E-state index contributed by atoms with van der Waals surface area (Å²) in [5.41, 5.74) is 2.05. The number of anilines is 2. The Hall–Kier alpha value is -3.98. The predicted octanol–water partition coefficient (Wildman–Crippen LogP) is 5.60. The second-order valence-electron chi connectivity index (χ2n) is 10.2. The van der Waals surface area contributed by atoms with Gasteiger partial charge in [0.15, 0.2) is 11.6 Å². The highest BCUT2D eigenvalue weighted by atomic mass is 19.2. The summed E-state index contributed by atoms with van der Waals surface area (Å²) in [5, 5.41) is 3.60. The van der Waals surface area contributed by atoms with Crippen LogP contribution >= 0.6 is 0 Å². The van der Waals surface area contributed by atoms with Crippen LogP contribution < -0.4 is 15.0 Å². The van der Waals surface area contributed by atoms with Crippen LogP contribution in [-0.4, -0.2) is 48.7 Å². The fourth-order valence-electron chi connectivity index (χ4n) is 5.29. The van der Waals surface area contributed by atoms with E-state index >= 15 is 0 Å². The second-order valence-corrected chi connectivity index (χ2v) is 10.2. The molecular formula is C30H31F2N3O4. The normalized spacial score (nSPS) is 16.7. The van der Waals surface area contributed by atoms with Crippen molar-refractivity contribution < 1.29 is 27.8 Å². The molecule has 9 heteroatoms. The first-order chi connectivity index (χ1) is 18.7. The zero-order chi connectivity index (χ0) is 27.7. The molecule has 1 N–H and O–H groups in total. The van der Waals surface area contributed by atoms with Gasteiger partial charge in [-0.1, -0.05) is 6.07 Å². The van der Waals surface area contributed by atoms with Gasteiger partial charge in [-0.3, -0.25) is 14.6 Å². The van der Waals surface area contributed by atoms with Crippen molar-refractivity contribution >= 4 is 23.3 Å². The summed E-state index contributed by atoms with van der Waals surface area (Å²) in [4.78, 5) is 30.5. The molecule has 2 aliphatic heterocycles. The Kier molecular flexibility index (Phi) is 7.27. The highest BCUT2D eigenvalue weighted by Gasteiger charge is 2.47. The van der Waals surface area contributed by atoms with Gasteiger partial charge in [0.05, 0.1) is 24.3 Å². The van der Waals surface area contributed by atoms with Gasteiger partial charge in [-0.25, -0.2) is 13.6 Å². The Bertz CT molecular complexity index is 1390. The van der Waals surface area contributed by atoms with Crippen molar-refractivity contribution in [2.45, 2.75) is 45.0 Å². The third kappa shape index (κ3) is 5.31. The molecule has 5 rings (SSSR count). The third-order valence-corrected chi connectivity index (χ3v) is 7.23. The molecule has 0 aliphatic carbocycles. The smallest absolute Gasteiger partial charge is 0.338 e. The summed E-state index contributed by atoms with van der Waals surface area (Å²) in [6, 6.07) is 16.2. The van der Waals surface area contributed by atoms with Crippen LogP contribution in [0.25, 0.3) is 0 Å². The van der Waals surface area contributed by atoms with E-state index in [-0.39, 0.29) is 12.0 Å². The Morgan fingerprint density at radius 1 is 1.00 bits per heavy atom. The molecule has 0 bridgehead atoms. The number of nitrogens with one attached hydrogen (secondary N) is 1. The van der Waals surface area contributed by atoms with E-state index in [4.69, 9.17) is 9.47 Å². The van der Waals surface area contributed by atoms with Crippen LogP contribution in [-0.2, 0) is 11.3 Å². The lowest BCUT2D eigenvalue weighted by atomic mass is 9.88. The number of fused-ring (bicyclic) bond motifs is 1. The largest absolute Gasteiger partial charge is 0.497 e. The molecule has 2 heterocycles. The van der Waals surface area contributed by atoms with Crippen molar-refractivity contribution in [1.29, 1.82) is 0 Å². The molecular weight excluding hydrogens is 504 g/mol. The van der Waals surface area contributed by atoms with Crippen LogP contribution in [0.2, 0.25) is 0 Å². The average Bonchev–Trinajstić information content (AvgIpc) is 2.92. The van der Waals surface area contributed by atoms with Crippen LogP contribution in [0.4, 0.5) is 20.2 Å². The Balaban J connectivity index is 1.46. The summed E-state index contributed by atoms with van der Waals surface area (Å²) >= 11 is 0. The lowest BCUT2D eigenvalue weighted by Gasteiger charge is -2.52. The minimum absolute atomic E-state index is 0.174. The zero-order valence-corrected chi connectivity index (χ0v) is 22.2. The molecule has 7 nitrogen and oxygen atoms in total. The van der Waals surface area contributed by atoms with Crippen LogP contribution in [0, 0.1) is 11.6 Å². The van der Waals surface area contributed by atoms with Crippen LogP contribution in [0.5, 0.6) is 5.75 Å². The zero-order valence-electron chi connectivity index (χ0n) is 22.2. The summed E-state index contributed by atoms with van der Waals surface area (Å²) in [5.74, 6) is -1.68. The van der Waals surface area contributed by atoms with Gasteiger partial charge in [0.2, 0.25) is 0 Å². The molecule has 0 atom stereocenters. The lowest BCUT2D eigenvalue weighted by molar-refractivity contribution is 0.0377. The van der Waals surface area contributed by atoms with E-state index in [9.17, 15) is 18.4 Å².